The third kappa shape index (κ3) is 2.37. The first-order valence-corrected chi connectivity index (χ1v) is 5.14. The van der Waals surface area contributed by atoms with E-state index in [1.165, 1.54) is 6.39 Å². The highest BCUT2D eigenvalue weighted by Crippen LogP contribution is 2.29. The summed E-state index contributed by atoms with van der Waals surface area (Å²) >= 11 is 0. The molecule has 1 aromatic heterocycles. The molecule has 0 aliphatic carbocycles. The summed E-state index contributed by atoms with van der Waals surface area (Å²) in [5, 5.41) is 0. The first kappa shape index (κ1) is 11.8. The van der Waals surface area contributed by atoms with Crippen molar-refractivity contribution in [3.05, 3.63) is 17.8 Å². The fourth-order valence-corrected chi connectivity index (χ4v) is 1.23. The molecule has 0 saturated carbocycles. The highest BCUT2D eigenvalue weighted by Gasteiger charge is 2.30. The monoisotopic (exact) mass is 211 g/mol. The van der Waals surface area contributed by atoms with Crippen molar-refractivity contribution in [1.82, 2.24) is 4.98 Å². The van der Waals surface area contributed by atoms with Crippen LogP contribution in [0.15, 0.2) is 10.8 Å². The van der Waals surface area contributed by atoms with E-state index in [4.69, 9.17) is 9.15 Å². The Kier molecular flexibility index (Phi) is 3.50. The summed E-state index contributed by atoms with van der Waals surface area (Å²) in [6, 6.07) is 0. The summed E-state index contributed by atoms with van der Waals surface area (Å²) in [4.78, 5) is 15.5. The SMILES string of the molecule is CCOC(=O)c1ncoc1C(C)(C)CC. The van der Waals surface area contributed by atoms with E-state index in [2.05, 4.69) is 4.98 Å². The molecule has 84 valence electrons. The summed E-state index contributed by atoms with van der Waals surface area (Å²) in [6.45, 7) is 8.17. The number of carbonyl (C=O) groups is 1. The highest BCUT2D eigenvalue weighted by atomic mass is 16.5. The number of ether oxygens (including phenoxy) is 1. The predicted octanol–water partition coefficient (Wildman–Crippen LogP) is 2.54. The molecule has 1 rings (SSSR count). The lowest BCUT2D eigenvalue weighted by Crippen LogP contribution is -2.19. The largest absolute Gasteiger partial charge is 0.461 e. The van der Waals surface area contributed by atoms with Gasteiger partial charge in [-0.2, -0.15) is 0 Å². The van der Waals surface area contributed by atoms with E-state index < -0.39 is 5.97 Å². The minimum Gasteiger partial charge on any atom is -0.461 e. The number of nitrogens with zero attached hydrogens (tertiary/aromatic N) is 1. The summed E-state index contributed by atoms with van der Waals surface area (Å²) in [5.41, 5.74) is 0.0993. The van der Waals surface area contributed by atoms with Gasteiger partial charge in [-0.3, -0.25) is 0 Å². The van der Waals surface area contributed by atoms with Crippen LogP contribution in [-0.2, 0) is 10.2 Å². The molecular formula is C11H17NO3. The fourth-order valence-electron chi connectivity index (χ4n) is 1.23. The average Bonchev–Trinajstić information content (AvgIpc) is 2.67. The van der Waals surface area contributed by atoms with Crippen molar-refractivity contribution in [3.8, 4) is 0 Å². The standard InChI is InChI=1S/C11H17NO3/c1-5-11(3,4)9-8(12-7-15-9)10(13)14-6-2/h7H,5-6H2,1-4H3. The van der Waals surface area contributed by atoms with Crippen LogP contribution in [0.5, 0.6) is 0 Å². The Morgan fingerprint density at radius 1 is 1.53 bits per heavy atom. The summed E-state index contributed by atoms with van der Waals surface area (Å²) in [5.74, 6) is 0.186. The number of esters is 1. The molecule has 0 spiro atoms. The fraction of sp³-hybridized carbons (Fsp3) is 0.636. The van der Waals surface area contributed by atoms with Crippen LogP contribution in [-0.4, -0.2) is 17.6 Å². The van der Waals surface area contributed by atoms with E-state index in [0.717, 1.165) is 6.42 Å². The molecule has 0 N–H and O–H groups in total. The quantitative estimate of drug-likeness (QED) is 0.718. The highest BCUT2D eigenvalue weighted by molar-refractivity contribution is 5.88. The normalized spacial score (nSPS) is 11.5. The van der Waals surface area contributed by atoms with Gasteiger partial charge in [0.1, 0.15) is 5.76 Å². The van der Waals surface area contributed by atoms with E-state index >= 15 is 0 Å². The second-order valence-electron chi connectivity index (χ2n) is 3.99. The number of oxazole rings is 1. The number of rotatable bonds is 4. The number of aromatic nitrogens is 1. The predicted molar refractivity (Wildman–Crippen MR) is 55.8 cm³/mol. The lowest BCUT2D eigenvalue weighted by Gasteiger charge is -2.19. The van der Waals surface area contributed by atoms with Crippen molar-refractivity contribution in [2.75, 3.05) is 6.61 Å². The molecule has 0 atom stereocenters. The minimum absolute atomic E-state index is 0.196. The first-order valence-electron chi connectivity index (χ1n) is 5.14. The Hall–Kier alpha value is -1.32. The molecule has 0 bridgehead atoms. The Bertz CT molecular complexity index is 341. The van der Waals surface area contributed by atoms with E-state index in [-0.39, 0.29) is 5.41 Å². The smallest absolute Gasteiger partial charge is 0.360 e. The molecule has 0 amide bonds. The first-order chi connectivity index (χ1) is 7.03. The van der Waals surface area contributed by atoms with Crippen molar-refractivity contribution >= 4 is 5.97 Å². The molecule has 0 fully saturated rings. The molecule has 15 heavy (non-hydrogen) atoms. The molecule has 0 aliphatic rings. The average molecular weight is 211 g/mol. The topological polar surface area (TPSA) is 52.3 Å². The molecule has 0 radical (unpaired) electrons. The zero-order valence-corrected chi connectivity index (χ0v) is 9.66. The van der Waals surface area contributed by atoms with Gasteiger partial charge in [0.25, 0.3) is 0 Å². The maximum atomic E-state index is 11.5. The molecule has 0 saturated heterocycles. The number of hydrogen-bond donors (Lipinski definition) is 0. The van der Waals surface area contributed by atoms with E-state index in [1.54, 1.807) is 6.92 Å². The minimum atomic E-state index is -0.414. The van der Waals surface area contributed by atoms with Gasteiger partial charge in [-0.25, -0.2) is 9.78 Å². The van der Waals surface area contributed by atoms with Gasteiger partial charge in [-0.15, -0.1) is 0 Å². The van der Waals surface area contributed by atoms with Gasteiger partial charge in [0.2, 0.25) is 0 Å². The Labute approximate surface area is 89.6 Å². The Morgan fingerprint density at radius 2 is 2.20 bits per heavy atom. The van der Waals surface area contributed by atoms with E-state index in [9.17, 15) is 4.79 Å². The van der Waals surface area contributed by atoms with Gasteiger partial charge in [-0.1, -0.05) is 20.8 Å². The van der Waals surface area contributed by atoms with Crippen LogP contribution in [0.1, 0.15) is 50.4 Å². The van der Waals surface area contributed by atoms with E-state index in [0.29, 0.717) is 18.1 Å². The number of carbonyl (C=O) groups excluding carboxylic acids is 1. The third-order valence-corrected chi connectivity index (χ3v) is 2.53. The van der Waals surface area contributed by atoms with Crippen molar-refractivity contribution in [2.45, 2.75) is 39.5 Å². The van der Waals surface area contributed by atoms with Crippen LogP contribution in [0.2, 0.25) is 0 Å². The van der Waals surface area contributed by atoms with Gasteiger partial charge in [0.15, 0.2) is 12.1 Å². The maximum Gasteiger partial charge on any atom is 0.360 e. The van der Waals surface area contributed by atoms with Crippen molar-refractivity contribution in [1.29, 1.82) is 0 Å². The summed E-state index contributed by atoms with van der Waals surface area (Å²) < 4.78 is 10.2. The molecule has 0 aromatic carbocycles. The summed E-state index contributed by atoms with van der Waals surface area (Å²) in [6.07, 6.45) is 2.16. The van der Waals surface area contributed by atoms with Crippen LogP contribution in [0.3, 0.4) is 0 Å². The molecule has 0 aliphatic heterocycles. The van der Waals surface area contributed by atoms with Crippen molar-refractivity contribution in [2.24, 2.45) is 0 Å². The van der Waals surface area contributed by atoms with Gasteiger partial charge >= 0.3 is 5.97 Å². The van der Waals surface area contributed by atoms with Crippen molar-refractivity contribution in [3.63, 3.8) is 0 Å². The van der Waals surface area contributed by atoms with Crippen LogP contribution in [0.25, 0.3) is 0 Å². The lowest BCUT2D eigenvalue weighted by molar-refractivity contribution is 0.0515. The molecule has 0 unspecified atom stereocenters. The Morgan fingerprint density at radius 3 is 2.73 bits per heavy atom. The van der Waals surface area contributed by atoms with Gasteiger partial charge in [0, 0.05) is 5.41 Å². The van der Waals surface area contributed by atoms with Gasteiger partial charge in [-0.05, 0) is 13.3 Å². The van der Waals surface area contributed by atoms with Gasteiger partial charge in [0.05, 0.1) is 6.61 Å². The third-order valence-electron chi connectivity index (χ3n) is 2.53. The van der Waals surface area contributed by atoms with Crippen molar-refractivity contribution < 1.29 is 13.9 Å². The van der Waals surface area contributed by atoms with Crippen LogP contribution in [0, 0.1) is 0 Å². The zero-order valence-electron chi connectivity index (χ0n) is 9.66. The second-order valence-corrected chi connectivity index (χ2v) is 3.99. The Balaban J connectivity index is 3.01. The molecule has 1 aromatic rings. The van der Waals surface area contributed by atoms with Crippen LogP contribution < -0.4 is 0 Å². The summed E-state index contributed by atoms with van der Waals surface area (Å²) in [7, 11) is 0. The van der Waals surface area contributed by atoms with Crippen LogP contribution in [0.4, 0.5) is 0 Å². The molecule has 4 nitrogen and oxygen atoms in total. The zero-order chi connectivity index (χ0) is 11.5. The number of hydrogen-bond acceptors (Lipinski definition) is 4. The molecular weight excluding hydrogens is 194 g/mol. The molecule has 4 heteroatoms. The second kappa shape index (κ2) is 4.47. The molecule has 1 heterocycles. The lowest BCUT2D eigenvalue weighted by atomic mass is 9.86. The van der Waals surface area contributed by atoms with Crippen LogP contribution >= 0.6 is 0 Å². The van der Waals surface area contributed by atoms with E-state index in [1.807, 2.05) is 20.8 Å². The van der Waals surface area contributed by atoms with Gasteiger partial charge < -0.3 is 9.15 Å². The maximum absolute atomic E-state index is 11.5.